The van der Waals surface area contributed by atoms with Gasteiger partial charge in [0.2, 0.25) is 5.91 Å². The molecule has 1 saturated heterocycles. The minimum atomic E-state index is 0.226. The van der Waals surface area contributed by atoms with Crippen molar-refractivity contribution in [3.63, 3.8) is 0 Å². The van der Waals surface area contributed by atoms with Crippen molar-refractivity contribution in [3.05, 3.63) is 47.2 Å². The number of fused-ring (bicyclic) bond motifs is 1. The first kappa shape index (κ1) is 20.6. The molecule has 0 aromatic carbocycles. The molecule has 4 heterocycles. The second kappa shape index (κ2) is 8.58. The van der Waals surface area contributed by atoms with E-state index in [1.807, 2.05) is 29.3 Å². The number of aryl methyl sites for hydroxylation is 1. The SMILES string of the molecule is Cc1nn(CC(C)C)c(C)c1CCC(=O)N1CCCC(c2nnc3ccccn23)C1. The molecular weight excluding hydrogens is 376 g/mol. The number of amides is 1. The van der Waals surface area contributed by atoms with Gasteiger partial charge in [0.25, 0.3) is 0 Å². The topological polar surface area (TPSA) is 68.3 Å². The van der Waals surface area contributed by atoms with Crippen molar-refractivity contribution >= 4 is 11.6 Å². The highest BCUT2D eigenvalue weighted by Crippen LogP contribution is 2.27. The number of piperidine rings is 1. The third-order valence-corrected chi connectivity index (χ3v) is 6.14. The highest BCUT2D eigenvalue weighted by molar-refractivity contribution is 5.76. The van der Waals surface area contributed by atoms with E-state index in [-0.39, 0.29) is 11.8 Å². The fraction of sp³-hybridized carbons (Fsp3) is 0.565. The predicted molar refractivity (Wildman–Crippen MR) is 116 cm³/mol. The molecule has 30 heavy (non-hydrogen) atoms. The Morgan fingerprint density at radius 3 is 2.87 bits per heavy atom. The Bertz CT molecular complexity index is 1030. The molecule has 4 rings (SSSR count). The molecule has 1 amide bonds. The molecule has 0 N–H and O–H groups in total. The first-order valence-electron chi connectivity index (χ1n) is 11.0. The molecule has 1 fully saturated rings. The molecule has 1 unspecified atom stereocenters. The number of pyridine rings is 1. The van der Waals surface area contributed by atoms with Crippen LogP contribution in [0.5, 0.6) is 0 Å². The zero-order valence-electron chi connectivity index (χ0n) is 18.5. The normalized spacial score (nSPS) is 17.2. The number of carbonyl (C=O) groups is 1. The summed E-state index contributed by atoms with van der Waals surface area (Å²) in [5.74, 6) is 1.97. The van der Waals surface area contributed by atoms with Crippen LogP contribution in [0.25, 0.3) is 5.65 Å². The Kier molecular flexibility index (Phi) is 5.88. The average Bonchev–Trinajstić information content (AvgIpc) is 3.27. The van der Waals surface area contributed by atoms with Gasteiger partial charge in [-0.25, -0.2) is 0 Å². The van der Waals surface area contributed by atoms with Gasteiger partial charge in [-0.05, 0) is 56.7 Å². The number of rotatable bonds is 6. The molecule has 3 aromatic heterocycles. The smallest absolute Gasteiger partial charge is 0.222 e. The molecular formula is C23H32N6O. The lowest BCUT2D eigenvalue weighted by atomic mass is 9.96. The monoisotopic (exact) mass is 408 g/mol. The highest BCUT2D eigenvalue weighted by atomic mass is 16.2. The maximum absolute atomic E-state index is 13.0. The summed E-state index contributed by atoms with van der Waals surface area (Å²) in [7, 11) is 0. The fourth-order valence-electron chi connectivity index (χ4n) is 4.56. The first-order chi connectivity index (χ1) is 14.4. The zero-order valence-corrected chi connectivity index (χ0v) is 18.5. The van der Waals surface area contributed by atoms with Crippen molar-refractivity contribution in [2.45, 2.75) is 65.8 Å². The molecule has 1 atom stereocenters. The lowest BCUT2D eigenvalue weighted by Crippen LogP contribution is -2.39. The van der Waals surface area contributed by atoms with E-state index in [9.17, 15) is 4.79 Å². The zero-order chi connectivity index (χ0) is 21.3. The van der Waals surface area contributed by atoms with Gasteiger partial charge < -0.3 is 4.90 Å². The van der Waals surface area contributed by atoms with Crippen molar-refractivity contribution < 1.29 is 4.79 Å². The molecule has 0 spiro atoms. The maximum Gasteiger partial charge on any atom is 0.222 e. The molecule has 1 aliphatic rings. The van der Waals surface area contributed by atoms with Gasteiger partial charge in [0.05, 0.1) is 5.69 Å². The second-order valence-corrected chi connectivity index (χ2v) is 8.89. The van der Waals surface area contributed by atoms with Crippen LogP contribution in [0.15, 0.2) is 24.4 Å². The van der Waals surface area contributed by atoms with Gasteiger partial charge >= 0.3 is 0 Å². The minimum Gasteiger partial charge on any atom is -0.342 e. The molecule has 7 nitrogen and oxygen atoms in total. The van der Waals surface area contributed by atoms with Gasteiger partial charge in [-0.1, -0.05) is 19.9 Å². The molecule has 0 aliphatic carbocycles. The van der Waals surface area contributed by atoms with E-state index in [0.717, 1.165) is 56.1 Å². The minimum absolute atomic E-state index is 0.226. The molecule has 3 aromatic rings. The summed E-state index contributed by atoms with van der Waals surface area (Å²) in [4.78, 5) is 15.0. The number of hydrogen-bond acceptors (Lipinski definition) is 4. The molecule has 160 valence electrons. The molecule has 7 heteroatoms. The van der Waals surface area contributed by atoms with Crippen molar-refractivity contribution in [1.82, 2.24) is 29.3 Å². The molecule has 0 saturated carbocycles. The van der Waals surface area contributed by atoms with Gasteiger partial charge in [0.1, 0.15) is 5.82 Å². The average molecular weight is 409 g/mol. The summed E-state index contributed by atoms with van der Waals surface area (Å²) in [5, 5.41) is 13.4. The molecule has 0 radical (unpaired) electrons. The first-order valence-corrected chi connectivity index (χ1v) is 11.0. The largest absolute Gasteiger partial charge is 0.342 e. The Hall–Kier alpha value is -2.70. The predicted octanol–water partition coefficient (Wildman–Crippen LogP) is 3.54. The number of nitrogens with zero attached hydrogens (tertiary/aromatic N) is 6. The van der Waals surface area contributed by atoms with Gasteiger partial charge in [-0.3, -0.25) is 13.9 Å². The molecule has 0 bridgehead atoms. The number of hydrogen-bond donors (Lipinski definition) is 0. The summed E-state index contributed by atoms with van der Waals surface area (Å²) < 4.78 is 4.14. The van der Waals surface area contributed by atoms with E-state index in [0.29, 0.717) is 12.3 Å². The van der Waals surface area contributed by atoms with Crippen LogP contribution in [0.3, 0.4) is 0 Å². The van der Waals surface area contributed by atoms with Gasteiger partial charge in [0, 0.05) is 43.9 Å². The standard InChI is InChI=1S/C23H32N6O/c1-16(2)14-29-18(4)20(17(3)26-29)10-11-22(30)27-12-7-8-19(15-27)23-25-24-21-9-5-6-13-28(21)23/h5-6,9,13,16,19H,7-8,10-12,14-15H2,1-4H3. The van der Waals surface area contributed by atoms with Crippen LogP contribution in [-0.2, 0) is 17.8 Å². The Morgan fingerprint density at radius 1 is 1.23 bits per heavy atom. The lowest BCUT2D eigenvalue weighted by Gasteiger charge is -2.32. The van der Waals surface area contributed by atoms with Crippen LogP contribution < -0.4 is 0 Å². The van der Waals surface area contributed by atoms with Gasteiger partial charge in [0.15, 0.2) is 5.65 Å². The summed E-state index contributed by atoms with van der Waals surface area (Å²) in [6.07, 6.45) is 5.33. The summed E-state index contributed by atoms with van der Waals surface area (Å²) in [6, 6.07) is 5.93. The number of aromatic nitrogens is 5. The van der Waals surface area contributed by atoms with E-state index < -0.39 is 0 Å². The van der Waals surface area contributed by atoms with Gasteiger partial charge in [-0.15, -0.1) is 10.2 Å². The maximum atomic E-state index is 13.0. The quantitative estimate of drug-likeness (QED) is 0.626. The van der Waals surface area contributed by atoms with E-state index in [1.54, 1.807) is 0 Å². The Morgan fingerprint density at radius 2 is 2.07 bits per heavy atom. The highest BCUT2D eigenvalue weighted by Gasteiger charge is 2.28. The van der Waals surface area contributed by atoms with Crippen LogP contribution in [0.2, 0.25) is 0 Å². The second-order valence-electron chi connectivity index (χ2n) is 8.89. The van der Waals surface area contributed by atoms with Crippen LogP contribution in [-0.4, -0.2) is 48.3 Å². The van der Waals surface area contributed by atoms with Crippen molar-refractivity contribution in [2.24, 2.45) is 5.92 Å². The van der Waals surface area contributed by atoms with Crippen LogP contribution in [0, 0.1) is 19.8 Å². The van der Waals surface area contributed by atoms with Crippen molar-refractivity contribution in [1.29, 1.82) is 0 Å². The van der Waals surface area contributed by atoms with Crippen LogP contribution in [0.1, 0.15) is 61.8 Å². The van der Waals surface area contributed by atoms with Crippen LogP contribution >= 0.6 is 0 Å². The summed E-state index contributed by atoms with van der Waals surface area (Å²) >= 11 is 0. The number of likely N-dealkylation sites (tertiary alicyclic amines) is 1. The van der Waals surface area contributed by atoms with E-state index >= 15 is 0 Å². The summed E-state index contributed by atoms with van der Waals surface area (Å²) in [6.45, 7) is 11.0. The molecule has 1 aliphatic heterocycles. The van der Waals surface area contributed by atoms with E-state index in [2.05, 4.69) is 52.1 Å². The third-order valence-electron chi connectivity index (χ3n) is 6.14. The number of carbonyl (C=O) groups excluding carboxylic acids is 1. The Labute approximate surface area is 178 Å². The van der Waals surface area contributed by atoms with Crippen LogP contribution in [0.4, 0.5) is 0 Å². The third kappa shape index (κ3) is 4.11. The van der Waals surface area contributed by atoms with E-state index in [1.165, 1.54) is 11.3 Å². The Balaban J connectivity index is 1.41. The van der Waals surface area contributed by atoms with Gasteiger partial charge in [-0.2, -0.15) is 5.10 Å². The van der Waals surface area contributed by atoms with Crippen molar-refractivity contribution in [3.8, 4) is 0 Å². The van der Waals surface area contributed by atoms with Crippen molar-refractivity contribution in [2.75, 3.05) is 13.1 Å². The summed E-state index contributed by atoms with van der Waals surface area (Å²) in [5.41, 5.74) is 4.33. The lowest BCUT2D eigenvalue weighted by molar-refractivity contribution is -0.132. The fourth-order valence-corrected chi connectivity index (χ4v) is 4.56. The van der Waals surface area contributed by atoms with E-state index in [4.69, 9.17) is 0 Å².